The molecule has 1 N–H and O–H groups in total. The summed E-state index contributed by atoms with van der Waals surface area (Å²) in [4.78, 5) is 8.19. The van der Waals surface area contributed by atoms with E-state index in [1.165, 1.54) is 6.20 Å². The molecule has 1 aliphatic rings. The number of rotatable bonds is 4. The fraction of sp³-hybridized carbons (Fsp3) is 0.304. The van der Waals surface area contributed by atoms with Crippen LogP contribution < -0.4 is 4.74 Å². The summed E-state index contributed by atoms with van der Waals surface area (Å²) in [7, 11) is 1.92. The smallest absolute Gasteiger partial charge is 0.421 e. The second-order valence-electron chi connectivity index (χ2n) is 8.02. The minimum atomic E-state index is -4.59. The normalized spacial score (nSPS) is 19.0. The predicted molar refractivity (Wildman–Crippen MR) is 111 cm³/mol. The van der Waals surface area contributed by atoms with E-state index in [9.17, 15) is 13.2 Å². The molecule has 0 bridgehead atoms. The van der Waals surface area contributed by atoms with Crippen LogP contribution in [-0.4, -0.2) is 32.4 Å². The first-order valence-corrected chi connectivity index (χ1v) is 10.0. The van der Waals surface area contributed by atoms with Crippen molar-refractivity contribution < 1.29 is 23.0 Å². The Labute approximate surface area is 176 Å². The maximum Gasteiger partial charge on any atom is 0.421 e. The highest BCUT2D eigenvalue weighted by Crippen LogP contribution is 2.40. The van der Waals surface area contributed by atoms with Crippen LogP contribution in [0, 0.1) is 5.92 Å². The third-order valence-electron chi connectivity index (χ3n) is 6.03. The first kappa shape index (κ1) is 19.8. The average molecular weight is 427 g/mol. The van der Waals surface area contributed by atoms with E-state index >= 15 is 0 Å². The van der Waals surface area contributed by atoms with Gasteiger partial charge < -0.3 is 14.4 Å². The van der Waals surface area contributed by atoms with Crippen LogP contribution in [0.1, 0.15) is 18.4 Å². The van der Waals surface area contributed by atoms with E-state index in [0.29, 0.717) is 24.0 Å². The van der Waals surface area contributed by atoms with Gasteiger partial charge in [-0.2, -0.15) is 13.2 Å². The van der Waals surface area contributed by atoms with Crippen LogP contribution >= 0.6 is 0 Å². The van der Waals surface area contributed by atoms with Gasteiger partial charge in [0.2, 0.25) is 5.88 Å². The van der Waals surface area contributed by atoms with Crippen molar-refractivity contribution in [3.63, 3.8) is 0 Å². The minimum absolute atomic E-state index is 0.0189. The zero-order chi connectivity index (χ0) is 21.8. The molecule has 0 saturated heterocycles. The standard InChI is InChI=1S/C23H20F3N3O2/c1-29-20-4-5-27-11-18(20)17-3-2-14(9-21(17)29)15-8-19(23(24,25)26)22(28-10-15)31-16-6-13(7-16)12-30/h2-5,8-11,13,16,30H,6-7,12H2,1H3. The van der Waals surface area contributed by atoms with E-state index in [1.807, 2.05) is 29.8 Å². The van der Waals surface area contributed by atoms with Crippen molar-refractivity contribution in [3.05, 3.63) is 54.5 Å². The van der Waals surface area contributed by atoms with Crippen molar-refractivity contribution in [2.24, 2.45) is 13.0 Å². The number of pyridine rings is 2. The number of aliphatic hydroxyl groups excluding tert-OH is 1. The number of aliphatic hydroxyl groups is 1. The molecule has 5 nitrogen and oxygen atoms in total. The summed E-state index contributed by atoms with van der Waals surface area (Å²) in [5.41, 5.74) is 2.02. The van der Waals surface area contributed by atoms with Gasteiger partial charge in [-0.1, -0.05) is 12.1 Å². The summed E-state index contributed by atoms with van der Waals surface area (Å²) in [6.45, 7) is 0.0189. The number of aryl methyl sites for hydroxylation is 1. The van der Waals surface area contributed by atoms with Crippen molar-refractivity contribution in [2.45, 2.75) is 25.1 Å². The maximum absolute atomic E-state index is 13.7. The number of hydrogen-bond donors (Lipinski definition) is 1. The molecule has 1 fully saturated rings. The lowest BCUT2D eigenvalue weighted by Crippen LogP contribution is -2.36. The molecule has 3 heterocycles. The SMILES string of the molecule is Cn1c2ccncc2c2ccc(-c3cnc(OC4CC(CO)C4)c(C(F)(F)F)c3)cc21. The van der Waals surface area contributed by atoms with Gasteiger partial charge in [-0.05, 0) is 42.5 Å². The van der Waals surface area contributed by atoms with Crippen molar-refractivity contribution >= 4 is 21.8 Å². The van der Waals surface area contributed by atoms with E-state index in [-0.39, 0.29) is 18.6 Å². The van der Waals surface area contributed by atoms with E-state index < -0.39 is 17.6 Å². The zero-order valence-electron chi connectivity index (χ0n) is 16.7. The number of nitrogens with zero attached hydrogens (tertiary/aromatic N) is 3. The molecule has 31 heavy (non-hydrogen) atoms. The van der Waals surface area contributed by atoms with Crippen molar-refractivity contribution in [3.8, 4) is 17.0 Å². The quantitative estimate of drug-likeness (QED) is 0.500. The van der Waals surface area contributed by atoms with Gasteiger partial charge in [-0.3, -0.25) is 4.98 Å². The Kier molecular flexibility index (Phi) is 4.62. The van der Waals surface area contributed by atoms with Crippen molar-refractivity contribution in [2.75, 3.05) is 6.61 Å². The van der Waals surface area contributed by atoms with Gasteiger partial charge in [-0.15, -0.1) is 0 Å². The van der Waals surface area contributed by atoms with Crippen LogP contribution in [0.25, 0.3) is 32.9 Å². The summed E-state index contributed by atoms with van der Waals surface area (Å²) in [6.07, 6.45) is 1.04. The largest absolute Gasteiger partial charge is 0.474 e. The predicted octanol–water partition coefficient (Wildman–Crippen LogP) is 4.96. The van der Waals surface area contributed by atoms with Gasteiger partial charge >= 0.3 is 6.18 Å². The summed E-state index contributed by atoms with van der Waals surface area (Å²) < 4.78 is 48.7. The lowest BCUT2D eigenvalue weighted by atomic mass is 9.83. The number of hydrogen-bond acceptors (Lipinski definition) is 4. The molecule has 4 aromatic rings. The van der Waals surface area contributed by atoms with Gasteiger partial charge in [0.25, 0.3) is 0 Å². The number of alkyl halides is 3. The van der Waals surface area contributed by atoms with Crippen molar-refractivity contribution in [1.29, 1.82) is 0 Å². The maximum atomic E-state index is 13.7. The molecule has 160 valence electrons. The molecule has 0 atom stereocenters. The van der Waals surface area contributed by atoms with Gasteiger partial charge in [-0.25, -0.2) is 4.98 Å². The molecule has 1 aromatic carbocycles. The molecule has 0 amide bonds. The Morgan fingerprint density at radius 1 is 1.06 bits per heavy atom. The molecule has 0 radical (unpaired) electrons. The van der Waals surface area contributed by atoms with Gasteiger partial charge in [0.05, 0.1) is 5.52 Å². The molecule has 8 heteroatoms. The van der Waals surface area contributed by atoms with Crippen LogP contribution in [0.15, 0.2) is 48.9 Å². The fourth-order valence-electron chi connectivity index (χ4n) is 4.22. The monoisotopic (exact) mass is 427 g/mol. The first-order valence-electron chi connectivity index (χ1n) is 10.0. The highest BCUT2D eigenvalue weighted by atomic mass is 19.4. The first-order chi connectivity index (χ1) is 14.8. The Morgan fingerprint density at radius 3 is 2.61 bits per heavy atom. The summed E-state index contributed by atoms with van der Waals surface area (Å²) in [6, 6.07) is 8.56. The van der Waals surface area contributed by atoms with Crippen LogP contribution in [-0.2, 0) is 13.2 Å². The van der Waals surface area contributed by atoms with Crippen LogP contribution in [0.4, 0.5) is 13.2 Å². The zero-order valence-corrected chi connectivity index (χ0v) is 16.7. The Bertz CT molecular complexity index is 1280. The minimum Gasteiger partial charge on any atom is -0.474 e. The van der Waals surface area contributed by atoms with Crippen LogP contribution in [0.3, 0.4) is 0 Å². The van der Waals surface area contributed by atoms with Crippen molar-refractivity contribution in [1.82, 2.24) is 14.5 Å². The molecular formula is C23H20F3N3O2. The second-order valence-corrected chi connectivity index (χ2v) is 8.02. The van der Waals surface area contributed by atoms with Crippen LogP contribution in [0.2, 0.25) is 0 Å². The third kappa shape index (κ3) is 3.40. The highest BCUT2D eigenvalue weighted by Gasteiger charge is 2.38. The number of halogens is 3. The molecular weight excluding hydrogens is 407 g/mol. The average Bonchev–Trinajstić information content (AvgIpc) is 3.02. The molecule has 5 rings (SSSR count). The Morgan fingerprint density at radius 2 is 1.87 bits per heavy atom. The van der Waals surface area contributed by atoms with Gasteiger partial charge in [0.15, 0.2) is 0 Å². The molecule has 0 spiro atoms. The Hall–Kier alpha value is -3.13. The van der Waals surface area contributed by atoms with E-state index in [2.05, 4.69) is 9.97 Å². The number of fused-ring (bicyclic) bond motifs is 3. The van der Waals surface area contributed by atoms with E-state index in [1.54, 1.807) is 18.5 Å². The summed E-state index contributed by atoms with van der Waals surface area (Å²) >= 11 is 0. The van der Waals surface area contributed by atoms with Gasteiger partial charge in [0.1, 0.15) is 11.7 Å². The van der Waals surface area contributed by atoms with E-state index in [4.69, 9.17) is 9.84 Å². The molecule has 3 aromatic heterocycles. The number of benzene rings is 1. The fourth-order valence-corrected chi connectivity index (χ4v) is 4.22. The Balaban J connectivity index is 1.54. The molecule has 1 saturated carbocycles. The molecule has 0 unspecified atom stereocenters. The second kappa shape index (κ2) is 7.23. The van der Waals surface area contributed by atoms with Gasteiger partial charge in [0, 0.05) is 54.1 Å². The highest BCUT2D eigenvalue weighted by molar-refractivity contribution is 6.08. The molecule has 1 aliphatic carbocycles. The summed E-state index contributed by atoms with van der Waals surface area (Å²) in [5, 5.41) is 11.1. The lowest BCUT2D eigenvalue weighted by Gasteiger charge is -2.34. The summed E-state index contributed by atoms with van der Waals surface area (Å²) in [5.74, 6) is -0.323. The number of ether oxygens (including phenoxy) is 1. The third-order valence-corrected chi connectivity index (χ3v) is 6.03. The lowest BCUT2D eigenvalue weighted by molar-refractivity contribution is -0.140. The van der Waals surface area contributed by atoms with Crippen LogP contribution in [0.5, 0.6) is 5.88 Å². The van der Waals surface area contributed by atoms with E-state index in [0.717, 1.165) is 27.9 Å². The number of aromatic nitrogens is 3. The molecule has 0 aliphatic heterocycles. The topological polar surface area (TPSA) is 60.2 Å².